The molecule has 2 aromatic rings. The van der Waals surface area contributed by atoms with Crippen LogP contribution in [0.2, 0.25) is 0 Å². The molecule has 0 amide bonds. The van der Waals surface area contributed by atoms with Crippen molar-refractivity contribution in [3.05, 3.63) is 62.8 Å². The molecule has 2 heterocycles. The van der Waals surface area contributed by atoms with E-state index < -0.39 is 0 Å². The Morgan fingerprint density at radius 2 is 1.75 bits per heavy atom. The van der Waals surface area contributed by atoms with E-state index in [2.05, 4.69) is 72.5 Å². The predicted molar refractivity (Wildman–Crippen MR) is 89.0 cm³/mol. The van der Waals surface area contributed by atoms with Gasteiger partial charge in [0, 0.05) is 33.8 Å². The fraction of sp³-hybridized carbons (Fsp3) is 0.312. The molecule has 0 saturated carbocycles. The molecular weight excluding hydrogens is 380 g/mol. The van der Waals surface area contributed by atoms with Gasteiger partial charge < -0.3 is 5.32 Å². The second-order valence-electron chi connectivity index (χ2n) is 5.19. The topological polar surface area (TPSA) is 24.9 Å². The summed E-state index contributed by atoms with van der Waals surface area (Å²) < 4.78 is 2.19. The zero-order valence-corrected chi connectivity index (χ0v) is 14.2. The van der Waals surface area contributed by atoms with E-state index in [-0.39, 0.29) is 0 Å². The SMILES string of the molecule is Brc1ccc(C2CNCCC2c2cncc(Br)c2)cc1. The maximum absolute atomic E-state index is 4.33. The van der Waals surface area contributed by atoms with Gasteiger partial charge in [0.2, 0.25) is 0 Å². The predicted octanol–water partition coefficient (Wildman–Crippen LogP) is 4.47. The molecule has 1 aromatic heterocycles. The number of aromatic nitrogens is 1. The lowest BCUT2D eigenvalue weighted by Crippen LogP contribution is -2.34. The first-order valence-corrected chi connectivity index (χ1v) is 8.39. The molecule has 2 nitrogen and oxygen atoms in total. The highest BCUT2D eigenvalue weighted by Gasteiger charge is 2.27. The van der Waals surface area contributed by atoms with Gasteiger partial charge in [-0.3, -0.25) is 4.98 Å². The maximum Gasteiger partial charge on any atom is 0.0410 e. The lowest BCUT2D eigenvalue weighted by Gasteiger charge is -2.33. The highest BCUT2D eigenvalue weighted by atomic mass is 79.9. The van der Waals surface area contributed by atoms with Crippen molar-refractivity contribution in [2.45, 2.75) is 18.3 Å². The summed E-state index contributed by atoms with van der Waals surface area (Å²) in [6.45, 7) is 2.10. The second kappa shape index (κ2) is 6.37. The third-order valence-electron chi connectivity index (χ3n) is 3.93. The Hall–Kier alpha value is -0.710. The van der Waals surface area contributed by atoms with Crippen molar-refractivity contribution < 1.29 is 0 Å². The molecule has 4 heteroatoms. The Bertz CT molecular complexity index is 583. The second-order valence-corrected chi connectivity index (χ2v) is 7.03. The first-order valence-electron chi connectivity index (χ1n) is 6.80. The van der Waals surface area contributed by atoms with E-state index in [0.717, 1.165) is 28.5 Å². The van der Waals surface area contributed by atoms with Crippen LogP contribution >= 0.6 is 31.9 Å². The number of rotatable bonds is 2. The summed E-state index contributed by atoms with van der Waals surface area (Å²) >= 11 is 7.04. The summed E-state index contributed by atoms with van der Waals surface area (Å²) in [7, 11) is 0. The average molecular weight is 396 g/mol. The van der Waals surface area contributed by atoms with Crippen LogP contribution in [0.4, 0.5) is 0 Å². The Morgan fingerprint density at radius 3 is 2.50 bits per heavy atom. The molecular formula is C16H16Br2N2. The number of piperidine rings is 1. The van der Waals surface area contributed by atoms with Crippen molar-refractivity contribution in [3.8, 4) is 0 Å². The fourth-order valence-corrected chi connectivity index (χ4v) is 3.60. The van der Waals surface area contributed by atoms with Gasteiger partial charge in [-0.05, 0) is 64.1 Å². The normalized spacial score (nSPS) is 22.7. The van der Waals surface area contributed by atoms with E-state index in [1.165, 1.54) is 11.1 Å². The van der Waals surface area contributed by atoms with Crippen molar-refractivity contribution in [3.63, 3.8) is 0 Å². The number of nitrogens with one attached hydrogen (secondary N) is 1. The van der Waals surface area contributed by atoms with Crippen LogP contribution in [-0.4, -0.2) is 18.1 Å². The minimum atomic E-state index is 0.507. The Labute approximate surface area is 136 Å². The molecule has 1 fully saturated rings. The number of halogens is 2. The summed E-state index contributed by atoms with van der Waals surface area (Å²) in [4.78, 5) is 4.33. The van der Waals surface area contributed by atoms with Crippen molar-refractivity contribution >= 4 is 31.9 Å². The molecule has 2 unspecified atom stereocenters. The lowest BCUT2D eigenvalue weighted by atomic mass is 9.78. The van der Waals surface area contributed by atoms with Gasteiger partial charge >= 0.3 is 0 Å². The summed E-state index contributed by atoms with van der Waals surface area (Å²) in [5.74, 6) is 1.04. The monoisotopic (exact) mass is 394 g/mol. The zero-order chi connectivity index (χ0) is 13.9. The van der Waals surface area contributed by atoms with Gasteiger partial charge in [-0.2, -0.15) is 0 Å². The summed E-state index contributed by atoms with van der Waals surface area (Å²) in [6.07, 6.45) is 5.00. The third-order valence-corrected chi connectivity index (χ3v) is 4.90. The molecule has 1 aliphatic heterocycles. The summed E-state index contributed by atoms with van der Waals surface area (Å²) in [5, 5.41) is 3.52. The van der Waals surface area contributed by atoms with Crippen molar-refractivity contribution in [2.75, 3.05) is 13.1 Å². The van der Waals surface area contributed by atoms with Crippen LogP contribution in [0.5, 0.6) is 0 Å². The molecule has 104 valence electrons. The smallest absolute Gasteiger partial charge is 0.0410 e. The van der Waals surface area contributed by atoms with Gasteiger partial charge in [-0.1, -0.05) is 28.1 Å². The van der Waals surface area contributed by atoms with Gasteiger partial charge in [0.1, 0.15) is 0 Å². The fourth-order valence-electron chi connectivity index (χ4n) is 2.95. The van der Waals surface area contributed by atoms with Crippen LogP contribution in [-0.2, 0) is 0 Å². The van der Waals surface area contributed by atoms with Crippen LogP contribution in [0.25, 0.3) is 0 Å². The van der Waals surface area contributed by atoms with Crippen molar-refractivity contribution in [1.82, 2.24) is 10.3 Å². The largest absolute Gasteiger partial charge is 0.316 e. The first kappa shape index (κ1) is 14.2. The molecule has 0 radical (unpaired) electrons. The Balaban J connectivity index is 1.93. The standard InChI is InChI=1S/C16H16Br2N2/c17-13-3-1-11(2-4-13)16-10-19-6-5-15(16)12-7-14(18)9-20-8-12/h1-4,7-9,15-16,19H,5-6,10H2. The Kier molecular flexibility index (Phi) is 4.54. The molecule has 1 saturated heterocycles. The maximum atomic E-state index is 4.33. The van der Waals surface area contributed by atoms with Crippen LogP contribution in [0.3, 0.4) is 0 Å². The van der Waals surface area contributed by atoms with E-state index in [4.69, 9.17) is 0 Å². The van der Waals surface area contributed by atoms with Crippen LogP contribution in [0.1, 0.15) is 29.4 Å². The molecule has 0 aliphatic carbocycles. The van der Waals surface area contributed by atoms with E-state index in [0.29, 0.717) is 11.8 Å². The number of nitrogens with zero attached hydrogens (tertiary/aromatic N) is 1. The molecule has 0 spiro atoms. The summed E-state index contributed by atoms with van der Waals surface area (Å²) in [5.41, 5.74) is 2.72. The van der Waals surface area contributed by atoms with Gasteiger partial charge in [0.15, 0.2) is 0 Å². The number of hydrogen-bond donors (Lipinski definition) is 1. The summed E-state index contributed by atoms with van der Waals surface area (Å²) in [6, 6.07) is 10.9. The van der Waals surface area contributed by atoms with Gasteiger partial charge in [-0.25, -0.2) is 0 Å². The minimum Gasteiger partial charge on any atom is -0.316 e. The molecule has 2 atom stereocenters. The van der Waals surface area contributed by atoms with Crippen molar-refractivity contribution in [2.24, 2.45) is 0 Å². The van der Waals surface area contributed by atoms with Crippen molar-refractivity contribution in [1.29, 1.82) is 0 Å². The van der Waals surface area contributed by atoms with Gasteiger partial charge in [0.25, 0.3) is 0 Å². The quantitative estimate of drug-likeness (QED) is 0.811. The third kappa shape index (κ3) is 3.13. The highest BCUT2D eigenvalue weighted by Crippen LogP contribution is 2.37. The molecule has 3 rings (SSSR count). The van der Waals surface area contributed by atoms with Crippen LogP contribution in [0.15, 0.2) is 51.7 Å². The van der Waals surface area contributed by atoms with E-state index >= 15 is 0 Å². The van der Waals surface area contributed by atoms with E-state index in [1.807, 2.05) is 12.4 Å². The van der Waals surface area contributed by atoms with E-state index in [9.17, 15) is 0 Å². The zero-order valence-electron chi connectivity index (χ0n) is 11.0. The lowest BCUT2D eigenvalue weighted by molar-refractivity contribution is 0.403. The molecule has 20 heavy (non-hydrogen) atoms. The molecule has 1 N–H and O–H groups in total. The molecule has 1 aromatic carbocycles. The minimum absolute atomic E-state index is 0.507. The average Bonchev–Trinajstić information content (AvgIpc) is 2.48. The van der Waals surface area contributed by atoms with Gasteiger partial charge in [-0.15, -0.1) is 0 Å². The van der Waals surface area contributed by atoms with Crippen LogP contribution < -0.4 is 5.32 Å². The van der Waals surface area contributed by atoms with Crippen LogP contribution in [0, 0.1) is 0 Å². The highest BCUT2D eigenvalue weighted by molar-refractivity contribution is 9.10. The van der Waals surface area contributed by atoms with E-state index in [1.54, 1.807) is 0 Å². The Morgan fingerprint density at radius 1 is 0.950 bits per heavy atom. The first-order chi connectivity index (χ1) is 9.74. The molecule has 0 bridgehead atoms. The number of pyridine rings is 1. The molecule has 1 aliphatic rings. The number of hydrogen-bond acceptors (Lipinski definition) is 2. The van der Waals surface area contributed by atoms with Gasteiger partial charge in [0.05, 0.1) is 0 Å². The number of benzene rings is 1.